The number of ether oxygens (including phenoxy) is 2. The first-order valence-corrected chi connectivity index (χ1v) is 8.46. The van der Waals surface area contributed by atoms with E-state index in [2.05, 4.69) is 10.3 Å². The fourth-order valence-corrected chi connectivity index (χ4v) is 2.81. The molecule has 8 heteroatoms. The molecule has 0 unspecified atom stereocenters. The molecule has 27 heavy (non-hydrogen) atoms. The Morgan fingerprint density at radius 2 is 1.78 bits per heavy atom. The number of benzene rings is 2. The third-order valence-corrected chi connectivity index (χ3v) is 4.11. The Morgan fingerprint density at radius 3 is 2.30 bits per heavy atom. The van der Waals surface area contributed by atoms with Gasteiger partial charge in [0, 0.05) is 32.2 Å². The predicted octanol–water partition coefficient (Wildman–Crippen LogP) is 3.89. The second-order valence-electron chi connectivity index (χ2n) is 5.74. The van der Waals surface area contributed by atoms with Gasteiger partial charge in [-0.2, -0.15) is 0 Å². The number of hydrogen-bond donors (Lipinski definition) is 2. The lowest BCUT2D eigenvalue weighted by Gasteiger charge is -2.22. The lowest BCUT2D eigenvalue weighted by molar-refractivity contribution is 0.339. The van der Waals surface area contributed by atoms with Gasteiger partial charge in [0.15, 0.2) is 17.5 Å². The first-order valence-electron chi connectivity index (χ1n) is 8.08. The summed E-state index contributed by atoms with van der Waals surface area (Å²) in [7, 11) is 6.69. The average Bonchev–Trinajstić information content (AvgIpc) is 2.63. The Balaban J connectivity index is 0.00000364. The summed E-state index contributed by atoms with van der Waals surface area (Å²) in [6.45, 7) is 1.17. The Hall–Kier alpha value is -1.87. The number of nitrogens with zero attached hydrogens (tertiary/aromatic N) is 2. The van der Waals surface area contributed by atoms with Gasteiger partial charge in [-0.15, -0.1) is 24.0 Å². The Labute approximate surface area is 182 Å². The lowest BCUT2D eigenvalue weighted by Crippen LogP contribution is -2.38. The molecule has 0 bridgehead atoms. The van der Waals surface area contributed by atoms with Crippen LogP contribution >= 0.6 is 35.6 Å². The first-order chi connectivity index (χ1) is 12.5. The van der Waals surface area contributed by atoms with Crippen molar-refractivity contribution in [2.45, 2.75) is 13.1 Å². The molecule has 0 heterocycles. The Kier molecular flexibility index (Phi) is 9.51. The van der Waals surface area contributed by atoms with Crippen LogP contribution in [-0.4, -0.2) is 44.3 Å². The van der Waals surface area contributed by atoms with Crippen molar-refractivity contribution in [2.75, 3.05) is 28.3 Å². The number of aromatic hydroxyl groups is 1. The number of halogens is 2. The van der Waals surface area contributed by atoms with Crippen LogP contribution < -0.4 is 14.8 Å². The number of phenolic OH excluding ortho intramolecular Hbond substituents is 1. The van der Waals surface area contributed by atoms with Crippen molar-refractivity contribution in [3.63, 3.8) is 0 Å². The SMILES string of the molecule is CN=C(NCc1cc(OC)c(O)c(OC)c1)N(C)Cc1cccc(Cl)c1.I. The Morgan fingerprint density at radius 1 is 1.15 bits per heavy atom. The molecule has 0 saturated carbocycles. The van der Waals surface area contributed by atoms with Crippen LogP contribution in [0.1, 0.15) is 11.1 Å². The number of methoxy groups -OCH3 is 2. The van der Waals surface area contributed by atoms with Crippen molar-refractivity contribution in [3.8, 4) is 17.2 Å². The molecule has 0 saturated heterocycles. The summed E-state index contributed by atoms with van der Waals surface area (Å²) in [5, 5.41) is 14.0. The van der Waals surface area contributed by atoms with Crippen LogP contribution in [0.3, 0.4) is 0 Å². The monoisotopic (exact) mass is 505 g/mol. The molecule has 2 rings (SSSR count). The summed E-state index contributed by atoms with van der Waals surface area (Å²) < 4.78 is 10.4. The molecule has 0 atom stereocenters. The van der Waals surface area contributed by atoms with E-state index in [4.69, 9.17) is 21.1 Å². The third kappa shape index (κ3) is 6.35. The average molecular weight is 506 g/mol. The van der Waals surface area contributed by atoms with Crippen molar-refractivity contribution < 1.29 is 14.6 Å². The molecule has 0 spiro atoms. The van der Waals surface area contributed by atoms with E-state index < -0.39 is 0 Å². The molecule has 148 valence electrons. The standard InChI is InChI=1S/C19H24ClN3O3.HI/c1-21-19(23(2)12-13-6-5-7-15(20)8-13)22-11-14-9-16(25-3)18(24)17(10-14)26-4;/h5-10,24H,11-12H2,1-4H3,(H,21,22);1H. The number of phenols is 1. The molecule has 2 aromatic carbocycles. The van der Waals surface area contributed by atoms with Gasteiger partial charge in [0.05, 0.1) is 14.2 Å². The van der Waals surface area contributed by atoms with E-state index in [1.165, 1.54) is 14.2 Å². The lowest BCUT2D eigenvalue weighted by atomic mass is 10.2. The van der Waals surface area contributed by atoms with Crippen LogP contribution in [-0.2, 0) is 13.1 Å². The number of rotatable bonds is 6. The summed E-state index contributed by atoms with van der Waals surface area (Å²) in [5.41, 5.74) is 1.99. The van der Waals surface area contributed by atoms with E-state index in [9.17, 15) is 5.11 Å². The molecule has 0 amide bonds. The van der Waals surface area contributed by atoms with E-state index in [0.717, 1.165) is 17.1 Å². The van der Waals surface area contributed by atoms with Crippen molar-refractivity contribution in [3.05, 3.63) is 52.5 Å². The van der Waals surface area contributed by atoms with Crippen molar-refractivity contribution in [1.29, 1.82) is 0 Å². The van der Waals surface area contributed by atoms with Crippen molar-refractivity contribution in [2.24, 2.45) is 4.99 Å². The minimum Gasteiger partial charge on any atom is -0.502 e. The molecular formula is C19H25ClIN3O3. The summed E-state index contributed by atoms with van der Waals surface area (Å²) in [6.07, 6.45) is 0. The quantitative estimate of drug-likeness (QED) is 0.354. The zero-order valence-electron chi connectivity index (χ0n) is 15.8. The molecule has 2 aromatic rings. The number of aliphatic imine (C=N–C) groups is 1. The van der Waals surface area contributed by atoms with E-state index in [0.29, 0.717) is 29.6 Å². The molecule has 0 aliphatic heterocycles. The zero-order chi connectivity index (χ0) is 19.1. The van der Waals surface area contributed by atoms with Crippen molar-refractivity contribution in [1.82, 2.24) is 10.2 Å². The highest BCUT2D eigenvalue weighted by Crippen LogP contribution is 2.37. The summed E-state index contributed by atoms with van der Waals surface area (Å²) in [6, 6.07) is 11.2. The summed E-state index contributed by atoms with van der Waals surface area (Å²) in [4.78, 5) is 6.31. The molecule has 0 radical (unpaired) electrons. The maximum atomic E-state index is 10.00. The Bertz CT molecular complexity index is 762. The fraction of sp³-hybridized carbons (Fsp3) is 0.316. The topological polar surface area (TPSA) is 66.3 Å². The molecular weight excluding hydrogens is 481 g/mol. The van der Waals surface area contributed by atoms with E-state index >= 15 is 0 Å². The number of nitrogens with one attached hydrogen (secondary N) is 1. The van der Waals surface area contributed by atoms with Gasteiger partial charge in [0.1, 0.15) is 0 Å². The van der Waals surface area contributed by atoms with Gasteiger partial charge >= 0.3 is 0 Å². The van der Waals surface area contributed by atoms with Crippen LogP contribution in [0.4, 0.5) is 0 Å². The molecule has 0 aliphatic carbocycles. The van der Waals surface area contributed by atoms with Crippen LogP contribution in [0, 0.1) is 0 Å². The fourth-order valence-electron chi connectivity index (χ4n) is 2.60. The molecule has 0 fully saturated rings. The molecule has 2 N–H and O–H groups in total. The van der Waals surface area contributed by atoms with Gasteiger partial charge < -0.3 is 24.8 Å². The van der Waals surface area contributed by atoms with Gasteiger partial charge in [0.2, 0.25) is 5.75 Å². The largest absolute Gasteiger partial charge is 0.502 e. The van der Waals surface area contributed by atoms with Gasteiger partial charge in [-0.3, -0.25) is 4.99 Å². The molecule has 0 aromatic heterocycles. The number of hydrogen-bond acceptors (Lipinski definition) is 4. The first kappa shape index (κ1) is 23.2. The van der Waals surface area contributed by atoms with Crippen LogP contribution in [0.5, 0.6) is 17.2 Å². The highest BCUT2D eigenvalue weighted by molar-refractivity contribution is 14.0. The second-order valence-corrected chi connectivity index (χ2v) is 6.17. The maximum Gasteiger partial charge on any atom is 0.200 e. The number of guanidine groups is 1. The highest BCUT2D eigenvalue weighted by Gasteiger charge is 2.12. The summed E-state index contributed by atoms with van der Waals surface area (Å²) in [5.74, 6) is 1.45. The van der Waals surface area contributed by atoms with E-state index in [1.807, 2.05) is 36.2 Å². The normalized spacial score (nSPS) is 10.8. The second kappa shape index (κ2) is 11.1. The predicted molar refractivity (Wildman–Crippen MR) is 120 cm³/mol. The van der Waals surface area contributed by atoms with Gasteiger partial charge in [0.25, 0.3) is 0 Å². The van der Waals surface area contributed by atoms with Gasteiger partial charge in [-0.25, -0.2) is 0 Å². The summed E-state index contributed by atoms with van der Waals surface area (Å²) >= 11 is 6.04. The zero-order valence-corrected chi connectivity index (χ0v) is 18.9. The van der Waals surface area contributed by atoms with Crippen LogP contribution in [0.15, 0.2) is 41.4 Å². The maximum absolute atomic E-state index is 10.00. The van der Waals surface area contributed by atoms with Gasteiger partial charge in [-0.1, -0.05) is 23.7 Å². The smallest absolute Gasteiger partial charge is 0.200 e. The van der Waals surface area contributed by atoms with E-state index in [-0.39, 0.29) is 29.7 Å². The van der Waals surface area contributed by atoms with Crippen LogP contribution in [0.25, 0.3) is 0 Å². The third-order valence-electron chi connectivity index (χ3n) is 3.87. The minimum absolute atomic E-state index is 0. The van der Waals surface area contributed by atoms with Gasteiger partial charge in [-0.05, 0) is 35.4 Å². The van der Waals surface area contributed by atoms with E-state index in [1.54, 1.807) is 19.2 Å². The highest BCUT2D eigenvalue weighted by atomic mass is 127. The minimum atomic E-state index is -0.0128. The van der Waals surface area contributed by atoms with Crippen LogP contribution in [0.2, 0.25) is 5.02 Å². The molecule has 6 nitrogen and oxygen atoms in total. The molecule has 0 aliphatic rings. The van der Waals surface area contributed by atoms with Crippen molar-refractivity contribution >= 4 is 41.5 Å².